The molecular formula is C35H42O3. The Balaban J connectivity index is 1.62. The maximum absolute atomic E-state index is 11.6. The van der Waals surface area contributed by atoms with E-state index in [2.05, 4.69) is 82.3 Å². The summed E-state index contributed by atoms with van der Waals surface area (Å²) >= 11 is 0. The highest BCUT2D eigenvalue weighted by molar-refractivity contribution is 5.73. The summed E-state index contributed by atoms with van der Waals surface area (Å²) in [6.07, 6.45) is 10.4. The molecular weight excluding hydrogens is 468 g/mol. The Morgan fingerprint density at radius 3 is 2.08 bits per heavy atom. The highest BCUT2D eigenvalue weighted by Gasteiger charge is 2.32. The standard InChI is InChI=1S/C35H42O3/c1-6-35(7-2,30-15-14-28(25(3)22-30)18-21-34(37)19-8-9-20-34)31-16-17-32(26(4)23-31)29-12-10-27(11-13-29)24-33(36)38-5/h10-18,21-23,37H,6-9,19-20,24H2,1-5H3. The lowest BCUT2D eigenvalue weighted by molar-refractivity contribution is -0.139. The second-order valence-corrected chi connectivity index (χ2v) is 11.0. The normalized spacial score (nSPS) is 15.2. The molecule has 1 N–H and O–H groups in total. The lowest BCUT2D eigenvalue weighted by Crippen LogP contribution is -2.26. The molecule has 1 fully saturated rings. The van der Waals surface area contributed by atoms with Crippen LogP contribution >= 0.6 is 0 Å². The fourth-order valence-electron chi connectivity index (χ4n) is 6.12. The number of carbonyl (C=O) groups excluding carboxylic acids is 1. The van der Waals surface area contributed by atoms with Gasteiger partial charge in [0.05, 0.1) is 19.1 Å². The lowest BCUT2D eigenvalue weighted by atomic mass is 9.69. The largest absolute Gasteiger partial charge is 0.469 e. The fourth-order valence-corrected chi connectivity index (χ4v) is 6.12. The van der Waals surface area contributed by atoms with Crippen LogP contribution in [0.1, 0.15) is 85.8 Å². The monoisotopic (exact) mass is 510 g/mol. The molecule has 0 bridgehead atoms. The molecule has 0 amide bonds. The number of hydrogen-bond donors (Lipinski definition) is 1. The second-order valence-electron chi connectivity index (χ2n) is 11.0. The first-order valence-electron chi connectivity index (χ1n) is 14.0. The van der Waals surface area contributed by atoms with E-state index in [1.165, 1.54) is 40.5 Å². The summed E-state index contributed by atoms with van der Waals surface area (Å²) in [6.45, 7) is 8.93. The van der Waals surface area contributed by atoms with Crippen LogP contribution < -0.4 is 0 Å². The summed E-state index contributed by atoms with van der Waals surface area (Å²) in [5.74, 6) is -0.223. The minimum Gasteiger partial charge on any atom is -0.469 e. The molecule has 1 aliphatic rings. The maximum atomic E-state index is 11.6. The molecule has 3 nitrogen and oxygen atoms in total. The molecule has 1 aliphatic carbocycles. The SMILES string of the molecule is CCC(CC)(c1ccc(C=CC2(O)CCCC2)c(C)c1)c1ccc(-c2ccc(CC(=O)OC)cc2)c(C)c1. The number of esters is 1. The van der Waals surface area contributed by atoms with Gasteiger partial charge in [0.1, 0.15) is 0 Å². The van der Waals surface area contributed by atoms with Gasteiger partial charge in [0.15, 0.2) is 0 Å². The van der Waals surface area contributed by atoms with Crippen LogP contribution in [0.4, 0.5) is 0 Å². The molecule has 0 aromatic heterocycles. The number of benzene rings is 3. The first-order valence-corrected chi connectivity index (χ1v) is 14.0. The third kappa shape index (κ3) is 5.78. The zero-order valence-corrected chi connectivity index (χ0v) is 23.6. The number of rotatable bonds is 9. The van der Waals surface area contributed by atoms with Gasteiger partial charge in [-0.3, -0.25) is 4.79 Å². The minimum atomic E-state index is -0.636. The van der Waals surface area contributed by atoms with Gasteiger partial charge in [-0.05, 0) is 84.0 Å². The van der Waals surface area contributed by atoms with Gasteiger partial charge in [-0.2, -0.15) is 0 Å². The molecule has 0 saturated heterocycles. The molecule has 0 spiro atoms. The molecule has 4 rings (SSSR count). The Kier molecular flexibility index (Phi) is 8.57. The van der Waals surface area contributed by atoms with Gasteiger partial charge in [0, 0.05) is 5.41 Å². The van der Waals surface area contributed by atoms with E-state index in [-0.39, 0.29) is 11.4 Å². The smallest absolute Gasteiger partial charge is 0.309 e. The van der Waals surface area contributed by atoms with Crippen molar-refractivity contribution in [3.8, 4) is 11.1 Å². The summed E-state index contributed by atoms with van der Waals surface area (Å²) < 4.78 is 4.79. The molecule has 0 radical (unpaired) electrons. The third-order valence-corrected chi connectivity index (χ3v) is 8.69. The average Bonchev–Trinajstić information content (AvgIpc) is 3.36. The van der Waals surface area contributed by atoms with Gasteiger partial charge >= 0.3 is 5.97 Å². The topological polar surface area (TPSA) is 46.5 Å². The van der Waals surface area contributed by atoms with Crippen molar-refractivity contribution in [2.45, 2.75) is 83.7 Å². The van der Waals surface area contributed by atoms with Gasteiger partial charge in [-0.1, -0.05) is 99.5 Å². The van der Waals surface area contributed by atoms with Crippen molar-refractivity contribution >= 4 is 12.0 Å². The highest BCUT2D eigenvalue weighted by Crippen LogP contribution is 2.41. The van der Waals surface area contributed by atoms with Crippen molar-refractivity contribution in [1.82, 2.24) is 0 Å². The van der Waals surface area contributed by atoms with Crippen molar-refractivity contribution in [2.75, 3.05) is 7.11 Å². The Morgan fingerprint density at radius 1 is 0.921 bits per heavy atom. The summed E-state index contributed by atoms with van der Waals surface area (Å²) in [4.78, 5) is 11.6. The summed E-state index contributed by atoms with van der Waals surface area (Å²) in [5, 5.41) is 10.7. The molecule has 38 heavy (non-hydrogen) atoms. The van der Waals surface area contributed by atoms with Crippen LogP contribution in [0.25, 0.3) is 17.2 Å². The quantitative estimate of drug-likeness (QED) is 0.296. The van der Waals surface area contributed by atoms with E-state index in [4.69, 9.17) is 4.74 Å². The number of aliphatic hydroxyl groups is 1. The zero-order valence-electron chi connectivity index (χ0n) is 23.6. The van der Waals surface area contributed by atoms with E-state index < -0.39 is 5.60 Å². The van der Waals surface area contributed by atoms with E-state index >= 15 is 0 Å². The third-order valence-electron chi connectivity index (χ3n) is 8.69. The first kappa shape index (κ1) is 27.9. The molecule has 0 unspecified atom stereocenters. The van der Waals surface area contributed by atoms with Gasteiger partial charge < -0.3 is 9.84 Å². The molecule has 3 heteroatoms. The van der Waals surface area contributed by atoms with E-state index in [0.29, 0.717) is 6.42 Å². The van der Waals surface area contributed by atoms with Crippen LogP contribution in [0.2, 0.25) is 0 Å². The predicted molar refractivity (Wildman–Crippen MR) is 157 cm³/mol. The number of methoxy groups -OCH3 is 1. The maximum Gasteiger partial charge on any atom is 0.309 e. The molecule has 1 saturated carbocycles. The van der Waals surface area contributed by atoms with Crippen LogP contribution in [0.3, 0.4) is 0 Å². The van der Waals surface area contributed by atoms with Gasteiger partial charge in [-0.15, -0.1) is 0 Å². The van der Waals surface area contributed by atoms with E-state index in [1.54, 1.807) is 0 Å². The van der Waals surface area contributed by atoms with Crippen LogP contribution in [0.5, 0.6) is 0 Å². The molecule has 0 heterocycles. The molecule has 0 atom stereocenters. The van der Waals surface area contributed by atoms with Crippen molar-refractivity contribution < 1.29 is 14.6 Å². The molecule has 3 aromatic carbocycles. The second kappa shape index (κ2) is 11.7. The molecule has 200 valence electrons. The van der Waals surface area contributed by atoms with Crippen LogP contribution in [-0.2, 0) is 21.4 Å². The number of ether oxygens (including phenoxy) is 1. The Hall–Kier alpha value is -3.17. The lowest BCUT2D eigenvalue weighted by Gasteiger charge is -2.34. The summed E-state index contributed by atoms with van der Waals surface area (Å²) in [6, 6.07) is 21.9. The Labute approximate surface area is 228 Å². The first-order chi connectivity index (χ1) is 18.2. The van der Waals surface area contributed by atoms with E-state index in [0.717, 1.165) is 49.7 Å². The summed E-state index contributed by atoms with van der Waals surface area (Å²) in [7, 11) is 1.42. The van der Waals surface area contributed by atoms with Crippen LogP contribution in [-0.4, -0.2) is 23.8 Å². The average molecular weight is 511 g/mol. The van der Waals surface area contributed by atoms with Gasteiger partial charge in [0.2, 0.25) is 0 Å². The van der Waals surface area contributed by atoms with Crippen molar-refractivity contribution in [1.29, 1.82) is 0 Å². The molecule has 0 aliphatic heterocycles. The minimum absolute atomic E-state index is 0.0652. The van der Waals surface area contributed by atoms with Crippen molar-refractivity contribution in [2.24, 2.45) is 0 Å². The highest BCUT2D eigenvalue weighted by atomic mass is 16.5. The van der Waals surface area contributed by atoms with Crippen LogP contribution in [0.15, 0.2) is 66.7 Å². The zero-order chi connectivity index (χ0) is 27.3. The van der Waals surface area contributed by atoms with E-state index in [9.17, 15) is 9.90 Å². The number of hydrogen-bond acceptors (Lipinski definition) is 3. The van der Waals surface area contributed by atoms with Gasteiger partial charge in [0.25, 0.3) is 0 Å². The Bertz CT molecular complexity index is 1290. The Morgan fingerprint density at radius 2 is 1.53 bits per heavy atom. The number of carbonyl (C=O) groups is 1. The van der Waals surface area contributed by atoms with E-state index in [1.807, 2.05) is 18.2 Å². The van der Waals surface area contributed by atoms with Gasteiger partial charge in [-0.25, -0.2) is 0 Å². The molecule has 3 aromatic rings. The predicted octanol–water partition coefficient (Wildman–Crippen LogP) is 8.11. The summed E-state index contributed by atoms with van der Waals surface area (Å²) in [5.41, 5.74) is 8.97. The van der Waals surface area contributed by atoms with Crippen molar-refractivity contribution in [3.63, 3.8) is 0 Å². The fraction of sp³-hybridized carbons (Fsp3) is 0.400. The van der Waals surface area contributed by atoms with Crippen molar-refractivity contribution in [3.05, 3.63) is 100 Å². The van der Waals surface area contributed by atoms with Crippen LogP contribution in [0, 0.1) is 13.8 Å². The number of aryl methyl sites for hydroxylation is 2.